The fourth-order valence-corrected chi connectivity index (χ4v) is 4.37. The Morgan fingerprint density at radius 3 is 2.85 bits per heavy atom. The van der Waals surface area contributed by atoms with Crippen molar-refractivity contribution in [3.8, 4) is 17.2 Å². The summed E-state index contributed by atoms with van der Waals surface area (Å²) >= 11 is 0. The second-order valence-electron chi connectivity index (χ2n) is 7.17. The number of halogens is 1. The van der Waals surface area contributed by atoms with E-state index in [4.69, 9.17) is 14.2 Å². The molecule has 140 valence electrons. The lowest BCUT2D eigenvalue weighted by molar-refractivity contribution is 0.174. The number of benzene rings is 2. The van der Waals surface area contributed by atoms with Gasteiger partial charge in [-0.15, -0.1) is 0 Å². The van der Waals surface area contributed by atoms with Crippen LogP contribution >= 0.6 is 0 Å². The van der Waals surface area contributed by atoms with Crippen molar-refractivity contribution in [1.29, 1.82) is 0 Å². The Morgan fingerprint density at radius 2 is 2.04 bits per heavy atom. The molecule has 2 aromatic rings. The van der Waals surface area contributed by atoms with E-state index in [0.29, 0.717) is 19.6 Å². The molecule has 0 radical (unpaired) electrons. The van der Waals surface area contributed by atoms with Gasteiger partial charge in [-0.2, -0.15) is 0 Å². The zero-order chi connectivity index (χ0) is 18.4. The van der Waals surface area contributed by atoms with E-state index in [9.17, 15) is 4.39 Å². The molecule has 0 aromatic heterocycles. The zero-order valence-electron chi connectivity index (χ0n) is 15.4. The molecule has 0 aliphatic carbocycles. The summed E-state index contributed by atoms with van der Waals surface area (Å²) < 4.78 is 29.5. The second-order valence-corrected chi connectivity index (χ2v) is 7.17. The van der Waals surface area contributed by atoms with Crippen LogP contribution in [0.4, 0.5) is 4.39 Å². The fraction of sp³-hybridized carbons (Fsp3) is 0.364. The average Bonchev–Trinajstić information content (AvgIpc) is 3.16. The maximum absolute atomic E-state index is 12.8. The molecule has 4 nitrogen and oxygen atoms in total. The van der Waals surface area contributed by atoms with Gasteiger partial charge in [0.15, 0.2) is 11.5 Å². The van der Waals surface area contributed by atoms with Crippen molar-refractivity contribution in [1.82, 2.24) is 4.90 Å². The minimum absolute atomic E-state index is 0.293. The van der Waals surface area contributed by atoms with Crippen LogP contribution in [0, 0.1) is 0 Å². The van der Waals surface area contributed by atoms with E-state index in [1.807, 2.05) is 6.07 Å². The number of ether oxygens (including phenoxy) is 3. The summed E-state index contributed by atoms with van der Waals surface area (Å²) in [4.78, 5) is 2.41. The Morgan fingerprint density at radius 1 is 1.19 bits per heavy atom. The minimum Gasteiger partial charge on any atom is -0.496 e. The van der Waals surface area contributed by atoms with Crippen LogP contribution in [0.2, 0.25) is 0 Å². The van der Waals surface area contributed by atoms with Crippen molar-refractivity contribution < 1.29 is 18.6 Å². The van der Waals surface area contributed by atoms with Gasteiger partial charge in [0.25, 0.3) is 0 Å². The van der Waals surface area contributed by atoms with Gasteiger partial charge >= 0.3 is 0 Å². The molecule has 2 aromatic carbocycles. The third-order valence-corrected chi connectivity index (χ3v) is 5.71. The molecule has 0 saturated heterocycles. The van der Waals surface area contributed by atoms with E-state index in [0.717, 1.165) is 42.3 Å². The number of rotatable bonds is 4. The number of hydrogen-bond acceptors (Lipinski definition) is 4. The molecule has 3 heterocycles. The van der Waals surface area contributed by atoms with Crippen molar-refractivity contribution in [2.24, 2.45) is 0 Å². The van der Waals surface area contributed by atoms with Crippen molar-refractivity contribution in [3.05, 3.63) is 52.1 Å². The van der Waals surface area contributed by atoms with E-state index < -0.39 is 0 Å². The number of methoxy groups -OCH3 is 1. The van der Waals surface area contributed by atoms with Crippen molar-refractivity contribution in [2.75, 3.05) is 27.1 Å². The van der Waals surface area contributed by atoms with Gasteiger partial charge in [0.1, 0.15) is 5.75 Å². The summed E-state index contributed by atoms with van der Waals surface area (Å²) in [5, 5.41) is 0. The van der Waals surface area contributed by atoms with Crippen LogP contribution < -0.4 is 14.2 Å². The first-order valence-electron chi connectivity index (χ1n) is 9.42. The molecule has 0 fully saturated rings. The first-order valence-corrected chi connectivity index (χ1v) is 9.42. The van der Waals surface area contributed by atoms with Crippen LogP contribution in [0.1, 0.15) is 34.2 Å². The number of alkyl halides is 1. The molecule has 3 aliphatic rings. The highest BCUT2D eigenvalue weighted by molar-refractivity contribution is 5.86. The van der Waals surface area contributed by atoms with E-state index in [1.54, 1.807) is 7.11 Å². The molecule has 0 bridgehead atoms. The van der Waals surface area contributed by atoms with Gasteiger partial charge in [-0.3, -0.25) is 4.39 Å². The third-order valence-electron chi connectivity index (χ3n) is 5.71. The van der Waals surface area contributed by atoms with Crippen molar-refractivity contribution >= 4 is 11.8 Å². The molecule has 0 spiro atoms. The Kier molecular flexibility index (Phi) is 3.96. The monoisotopic (exact) mass is 367 g/mol. The van der Waals surface area contributed by atoms with Crippen LogP contribution in [0.3, 0.4) is 0 Å². The Bertz CT molecular complexity index is 938. The van der Waals surface area contributed by atoms with Gasteiger partial charge in [-0.25, -0.2) is 0 Å². The number of hydrogen-bond donors (Lipinski definition) is 0. The number of nitrogens with zero attached hydrogens (tertiary/aromatic N) is 1. The van der Waals surface area contributed by atoms with Crippen molar-refractivity contribution in [3.63, 3.8) is 0 Å². The molecule has 5 rings (SSSR count). The van der Waals surface area contributed by atoms with E-state index in [1.165, 1.54) is 28.0 Å². The third kappa shape index (κ3) is 2.64. The van der Waals surface area contributed by atoms with Crippen LogP contribution in [0.5, 0.6) is 17.2 Å². The summed E-state index contributed by atoms with van der Waals surface area (Å²) in [5.74, 6) is 2.53. The lowest BCUT2D eigenvalue weighted by Crippen LogP contribution is -2.31. The molecule has 0 unspecified atom stereocenters. The first kappa shape index (κ1) is 16.5. The van der Waals surface area contributed by atoms with Crippen LogP contribution in [-0.2, 0) is 19.4 Å². The summed E-state index contributed by atoms with van der Waals surface area (Å²) in [7, 11) is 1.69. The quantitative estimate of drug-likeness (QED) is 0.811. The standard InChI is InChI=1S/C22H22FNO3/c1-25-20-5-4-14-9-19-17-11-22-21(26-13-27-22)10-15(17)6-8-24(19)12-18(14)16(20)3-2-7-23/h4-5,9-11H,2-3,6-8,12-13H2,1H3. The van der Waals surface area contributed by atoms with Gasteiger partial charge in [0.05, 0.1) is 13.8 Å². The molecule has 27 heavy (non-hydrogen) atoms. The van der Waals surface area contributed by atoms with Crippen molar-refractivity contribution in [2.45, 2.75) is 25.8 Å². The SMILES string of the molecule is COc1ccc2c(c1CCCF)CN1CCc3cc4c(cc3C1=C2)OCO4. The lowest BCUT2D eigenvalue weighted by Gasteiger charge is -2.37. The lowest BCUT2D eigenvalue weighted by atomic mass is 9.87. The topological polar surface area (TPSA) is 30.9 Å². The molecule has 0 saturated carbocycles. The van der Waals surface area contributed by atoms with E-state index in [-0.39, 0.29) is 6.67 Å². The predicted molar refractivity (Wildman–Crippen MR) is 102 cm³/mol. The molecular formula is C22H22FNO3. The smallest absolute Gasteiger partial charge is 0.231 e. The highest BCUT2D eigenvalue weighted by Gasteiger charge is 2.29. The Balaban J connectivity index is 1.61. The summed E-state index contributed by atoms with van der Waals surface area (Å²) in [6.07, 6.45) is 4.45. The summed E-state index contributed by atoms with van der Waals surface area (Å²) in [6, 6.07) is 8.33. The normalized spacial score (nSPS) is 16.4. The highest BCUT2D eigenvalue weighted by atomic mass is 19.1. The molecular weight excluding hydrogens is 345 g/mol. The minimum atomic E-state index is -0.307. The summed E-state index contributed by atoms with van der Waals surface area (Å²) in [5.41, 5.74) is 7.34. The zero-order valence-corrected chi connectivity index (χ0v) is 15.4. The molecule has 5 heteroatoms. The predicted octanol–water partition coefficient (Wildman–Crippen LogP) is 4.20. The average molecular weight is 367 g/mol. The number of fused-ring (bicyclic) bond motifs is 5. The largest absolute Gasteiger partial charge is 0.496 e. The highest BCUT2D eigenvalue weighted by Crippen LogP contribution is 2.43. The molecule has 3 aliphatic heterocycles. The van der Waals surface area contributed by atoms with Gasteiger partial charge in [-0.1, -0.05) is 6.07 Å². The van der Waals surface area contributed by atoms with Gasteiger partial charge in [0.2, 0.25) is 6.79 Å². The fourth-order valence-electron chi connectivity index (χ4n) is 4.37. The molecule has 0 atom stereocenters. The van der Waals surface area contributed by atoms with Crippen LogP contribution in [0.15, 0.2) is 24.3 Å². The first-order chi connectivity index (χ1) is 13.3. The maximum Gasteiger partial charge on any atom is 0.231 e. The van der Waals surface area contributed by atoms with E-state index >= 15 is 0 Å². The van der Waals surface area contributed by atoms with Crippen LogP contribution in [-0.4, -0.2) is 32.0 Å². The molecule has 0 amide bonds. The Hall–Kier alpha value is -2.69. The molecule has 0 N–H and O–H groups in total. The van der Waals surface area contributed by atoms with Gasteiger partial charge in [-0.05, 0) is 65.8 Å². The van der Waals surface area contributed by atoms with Gasteiger partial charge < -0.3 is 19.1 Å². The van der Waals surface area contributed by atoms with Crippen LogP contribution in [0.25, 0.3) is 11.8 Å². The Labute approximate surface area is 158 Å². The maximum atomic E-state index is 12.8. The van der Waals surface area contributed by atoms with Gasteiger partial charge in [0, 0.05) is 24.4 Å². The second kappa shape index (κ2) is 6.48. The van der Waals surface area contributed by atoms with E-state index in [2.05, 4.69) is 29.2 Å². The summed E-state index contributed by atoms with van der Waals surface area (Å²) in [6.45, 7) is 1.77.